The molecule has 1 unspecified atom stereocenters. The van der Waals surface area contributed by atoms with E-state index in [1.54, 1.807) is 0 Å². The molecule has 0 aromatic carbocycles. The number of rotatable bonds is 4. The Bertz CT molecular complexity index is 327. The van der Waals surface area contributed by atoms with Gasteiger partial charge in [0.25, 0.3) is 0 Å². The Balaban J connectivity index is 1.36. The van der Waals surface area contributed by atoms with Crippen LogP contribution in [0.4, 0.5) is 0 Å². The Morgan fingerprint density at radius 3 is 2.43 bits per heavy atom. The summed E-state index contributed by atoms with van der Waals surface area (Å²) in [7, 11) is 0. The van der Waals surface area contributed by atoms with E-state index < -0.39 is 0 Å². The van der Waals surface area contributed by atoms with Crippen LogP contribution >= 0.6 is 0 Å². The standard InChI is InChI=1S/C17H31N3O/c21-17(7-6-15-4-2-1-3-5-15)20-12-10-19(11-13-20)16-8-9-18-14-16/h15-16,18H,1-14H2. The van der Waals surface area contributed by atoms with Crippen molar-refractivity contribution in [1.82, 2.24) is 15.1 Å². The van der Waals surface area contributed by atoms with Crippen molar-refractivity contribution in [3.63, 3.8) is 0 Å². The molecule has 120 valence electrons. The van der Waals surface area contributed by atoms with Crippen molar-refractivity contribution in [1.29, 1.82) is 0 Å². The molecule has 1 N–H and O–H groups in total. The van der Waals surface area contributed by atoms with Gasteiger partial charge in [0.1, 0.15) is 0 Å². The number of amides is 1. The maximum absolute atomic E-state index is 12.4. The van der Waals surface area contributed by atoms with E-state index in [0.717, 1.165) is 58.0 Å². The Hall–Kier alpha value is -0.610. The van der Waals surface area contributed by atoms with Crippen LogP contribution in [0.15, 0.2) is 0 Å². The van der Waals surface area contributed by atoms with Crippen molar-refractivity contribution in [3.8, 4) is 0 Å². The number of carbonyl (C=O) groups excluding carboxylic acids is 1. The van der Waals surface area contributed by atoms with Gasteiger partial charge in [0.15, 0.2) is 0 Å². The van der Waals surface area contributed by atoms with Crippen molar-refractivity contribution in [3.05, 3.63) is 0 Å². The molecule has 0 spiro atoms. The molecule has 3 rings (SSSR count). The molecule has 1 amide bonds. The molecule has 1 aliphatic carbocycles. The fourth-order valence-electron chi connectivity index (χ4n) is 4.25. The van der Waals surface area contributed by atoms with Crippen molar-refractivity contribution in [2.75, 3.05) is 39.3 Å². The molecule has 3 aliphatic rings. The van der Waals surface area contributed by atoms with Gasteiger partial charge in [-0.05, 0) is 25.3 Å². The van der Waals surface area contributed by atoms with Gasteiger partial charge >= 0.3 is 0 Å². The van der Waals surface area contributed by atoms with Gasteiger partial charge in [0, 0.05) is 45.2 Å². The predicted molar refractivity (Wildman–Crippen MR) is 85.2 cm³/mol. The van der Waals surface area contributed by atoms with Gasteiger partial charge in [-0.1, -0.05) is 32.1 Å². The van der Waals surface area contributed by atoms with Crippen LogP contribution in [0.1, 0.15) is 51.4 Å². The lowest BCUT2D eigenvalue weighted by Crippen LogP contribution is -2.52. The summed E-state index contributed by atoms with van der Waals surface area (Å²) in [6.07, 6.45) is 10.1. The highest BCUT2D eigenvalue weighted by Crippen LogP contribution is 2.27. The number of hydrogen-bond donors (Lipinski definition) is 1. The normalized spacial score (nSPS) is 29.0. The first-order valence-corrected chi connectivity index (χ1v) is 9.05. The molecule has 2 aliphatic heterocycles. The molecular formula is C17H31N3O. The molecule has 0 radical (unpaired) electrons. The van der Waals surface area contributed by atoms with Crippen LogP contribution in [0.25, 0.3) is 0 Å². The van der Waals surface area contributed by atoms with Crippen molar-refractivity contribution < 1.29 is 4.79 Å². The van der Waals surface area contributed by atoms with Crippen LogP contribution in [0.5, 0.6) is 0 Å². The lowest BCUT2D eigenvalue weighted by atomic mass is 9.86. The Morgan fingerprint density at radius 2 is 1.76 bits per heavy atom. The summed E-state index contributed by atoms with van der Waals surface area (Å²) in [5.41, 5.74) is 0. The first-order chi connectivity index (χ1) is 10.3. The van der Waals surface area contributed by atoms with Crippen molar-refractivity contribution in [2.24, 2.45) is 5.92 Å². The average molecular weight is 293 g/mol. The molecule has 0 aromatic rings. The lowest BCUT2D eigenvalue weighted by molar-refractivity contribution is -0.133. The molecule has 21 heavy (non-hydrogen) atoms. The molecule has 0 bridgehead atoms. The minimum Gasteiger partial charge on any atom is -0.340 e. The SMILES string of the molecule is O=C(CCC1CCCCC1)N1CCN(C2CCNC2)CC1. The third kappa shape index (κ3) is 4.19. The summed E-state index contributed by atoms with van der Waals surface area (Å²) >= 11 is 0. The number of nitrogens with zero attached hydrogens (tertiary/aromatic N) is 2. The fraction of sp³-hybridized carbons (Fsp3) is 0.941. The Labute approximate surface area is 129 Å². The van der Waals surface area contributed by atoms with Crippen LogP contribution in [0.2, 0.25) is 0 Å². The molecule has 0 aromatic heterocycles. The molecule has 2 heterocycles. The highest BCUT2D eigenvalue weighted by molar-refractivity contribution is 5.76. The summed E-state index contributed by atoms with van der Waals surface area (Å²) in [6, 6.07) is 0.712. The van der Waals surface area contributed by atoms with Gasteiger partial charge < -0.3 is 10.2 Å². The monoisotopic (exact) mass is 293 g/mol. The zero-order chi connectivity index (χ0) is 14.5. The smallest absolute Gasteiger partial charge is 0.222 e. The van der Waals surface area contributed by atoms with Crippen LogP contribution < -0.4 is 5.32 Å². The van der Waals surface area contributed by atoms with Crippen molar-refractivity contribution in [2.45, 2.75) is 57.4 Å². The Kier molecular flexibility index (Phi) is 5.53. The number of hydrogen-bond acceptors (Lipinski definition) is 3. The summed E-state index contributed by atoms with van der Waals surface area (Å²) in [5, 5.41) is 3.44. The maximum atomic E-state index is 12.4. The zero-order valence-electron chi connectivity index (χ0n) is 13.4. The first kappa shape index (κ1) is 15.3. The maximum Gasteiger partial charge on any atom is 0.222 e. The van der Waals surface area contributed by atoms with Crippen LogP contribution in [-0.2, 0) is 4.79 Å². The molecule has 1 saturated carbocycles. The zero-order valence-corrected chi connectivity index (χ0v) is 13.4. The second kappa shape index (κ2) is 7.59. The van der Waals surface area contributed by atoms with Gasteiger partial charge in [0.2, 0.25) is 5.91 Å². The van der Waals surface area contributed by atoms with E-state index in [4.69, 9.17) is 0 Å². The lowest BCUT2D eigenvalue weighted by Gasteiger charge is -2.38. The number of carbonyl (C=O) groups is 1. The molecule has 2 saturated heterocycles. The van der Waals surface area contributed by atoms with Gasteiger partial charge in [-0.2, -0.15) is 0 Å². The topological polar surface area (TPSA) is 35.6 Å². The van der Waals surface area contributed by atoms with Gasteiger partial charge in [-0.25, -0.2) is 0 Å². The Morgan fingerprint density at radius 1 is 1.00 bits per heavy atom. The summed E-state index contributed by atoms with van der Waals surface area (Å²) < 4.78 is 0. The van der Waals surface area contributed by atoms with Crippen LogP contribution in [0.3, 0.4) is 0 Å². The minimum absolute atomic E-state index is 0.407. The largest absolute Gasteiger partial charge is 0.340 e. The van der Waals surface area contributed by atoms with Crippen LogP contribution in [0, 0.1) is 5.92 Å². The van der Waals surface area contributed by atoms with Gasteiger partial charge in [-0.3, -0.25) is 9.69 Å². The van der Waals surface area contributed by atoms with E-state index in [9.17, 15) is 4.79 Å². The fourth-order valence-corrected chi connectivity index (χ4v) is 4.25. The third-order valence-electron chi connectivity index (χ3n) is 5.71. The molecular weight excluding hydrogens is 262 g/mol. The molecule has 4 heteroatoms. The number of piperazine rings is 1. The van der Waals surface area contributed by atoms with Gasteiger partial charge in [-0.15, -0.1) is 0 Å². The van der Waals surface area contributed by atoms with E-state index in [2.05, 4.69) is 15.1 Å². The van der Waals surface area contributed by atoms with E-state index in [1.165, 1.54) is 38.5 Å². The van der Waals surface area contributed by atoms with E-state index in [-0.39, 0.29) is 0 Å². The quantitative estimate of drug-likeness (QED) is 0.859. The average Bonchev–Trinajstić information content (AvgIpc) is 3.08. The second-order valence-corrected chi connectivity index (χ2v) is 7.11. The molecule has 4 nitrogen and oxygen atoms in total. The van der Waals surface area contributed by atoms with Crippen LogP contribution in [-0.4, -0.2) is 61.0 Å². The highest BCUT2D eigenvalue weighted by atomic mass is 16.2. The summed E-state index contributed by atoms with van der Waals surface area (Å²) in [4.78, 5) is 17.1. The second-order valence-electron chi connectivity index (χ2n) is 7.11. The van der Waals surface area contributed by atoms with E-state index in [0.29, 0.717) is 11.9 Å². The predicted octanol–water partition coefficient (Wildman–Crippen LogP) is 1.85. The van der Waals surface area contributed by atoms with Gasteiger partial charge in [0.05, 0.1) is 0 Å². The highest BCUT2D eigenvalue weighted by Gasteiger charge is 2.27. The van der Waals surface area contributed by atoms with Crippen molar-refractivity contribution >= 4 is 5.91 Å². The summed E-state index contributed by atoms with van der Waals surface area (Å²) in [5.74, 6) is 1.23. The molecule has 1 atom stereocenters. The van der Waals surface area contributed by atoms with E-state index in [1.807, 2.05) is 0 Å². The third-order valence-corrected chi connectivity index (χ3v) is 5.71. The van der Waals surface area contributed by atoms with E-state index >= 15 is 0 Å². The summed E-state index contributed by atoms with van der Waals surface area (Å²) in [6.45, 7) is 6.32. The minimum atomic E-state index is 0.407. The first-order valence-electron chi connectivity index (χ1n) is 9.05. The number of nitrogens with one attached hydrogen (secondary N) is 1. The molecule has 3 fully saturated rings.